The molecule has 0 saturated carbocycles. The molecular weight excluding hydrogens is 475 g/mol. The number of halogens is 1. The molecule has 1 atom stereocenters. The smallest absolute Gasteiger partial charge is 0.323 e. The summed E-state index contributed by atoms with van der Waals surface area (Å²) >= 11 is 1.38. The van der Waals surface area contributed by atoms with E-state index in [0.717, 1.165) is 37.1 Å². The number of thioether (sulfide) groups is 1. The number of benzene rings is 2. The lowest BCUT2D eigenvalue weighted by Crippen LogP contribution is -2.55. The van der Waals surface area contributed by atoms with E-state index in [2.05, 4.69) is 19.3 Å². The molecule has 0 radical (unpaired) electrons. The minimum absolute atomic E-state index is 0.350. The highest BCUT2D eigenvalue weighted by atomic mass is 32.2. The van der Waals surface area contributed by atoms with E-state index in [1.54, 1.807) is 18.2 Å². The number of aromatic nitrogens is 3. The molecule has 5 rings (SSSR count). The predicted molar refractivity (Wildman–Crippen MR) is 131 cm³/mol. The molecule has 1 fully saturated rings. The molecule has 2 aliphatic rings. The van der Waals surface area contributed by atoms with Crippen molar-refractivity contribution in [3.63, 3.8) is 0 Å². The van der Waals surface area contributed by atoms with Gasteiger partial charge in [0.25, 0.3) is 0 Å². The molecule has 0 spiro atoms. The summed E-state index contributed by atoms with van der Waals surface area (Å²) in [6, 6.07) is 14.3. The Morgan fingerprint density at radius 2 is 1.88 bits per heavy atom. The van der Waals surface area contributed by atoms with Crippen molar-refractivity contribution in [2.45, 2.75) is 43.9 Å². The summed E-state index contributed by atoms with van der Waals surface area (Å²) in [5.41, 5.74) is 2.25. The van der Waals surface area contributed by atoms with E-state index in [9.17, 15) is 12.8 Å². The monoisotopic (exact) mass is 500 g/mol. The highest BCUT2D eigenvalue weighted by Crippen LogP contribution is 2.31. The van der Waals surface area contributed by atoms with Crippen molar-refractivity contribution in [2.24, 2.45) is 4.40 Å². The molecule has 0 amide bonds. The van der Waals surface area contributed by atoms with Crippen molar-refractivity contribution in [1.82, 2.24) is 24.4 Å². The van der Waals surface area contributed by atoms with Gasteiger partial charge in [0, 0.05) is 24.4 Å². The van der Waals surface area contributed by atoms with Crippen LogP contribution >= 0.6 is 11.8 Å². The van der Waals surface area contributed by atoms with Gasteiger partial charge in [-0.2, -0.15) is 13.1 Å². The van der Waals surface area contributed by atoms with Crippen LogP contribution in [0.4, 0.5) is 4.39 Å². The largest absolute Gasteiger partial charge is 0.342 e. The molecule has 8 nitrogen and oxygen atoms in total. The van der Waals surface area contributed by atoms with Gasteiger partial charge in [0.1, 0.15) is 17.8 Å². The molecule has 1 saturated heterocycles. The standard InChI is InChI=1S/C23H25FN6O2S2/c1-16-10-12-17(13-11-16)30-22(18-7-4-5-8-19(18)24)25-26-23(30)33-15-21-28-34(31,32)27-20-9-3-2-6-14-29(20)21/h4-5,7-8,10-13,21,28H,2-3,6,9,14-15H2,1H3. The Labute approximate surface area is 202 Å². The van der Waals surface area contributed by atoms with Crippen molar-refractivity contribution in [1.29, 1.82) is 0 Å². The molecule has 34 heavy (non-hydrogen) atoms. The quantitative estimate of drug-likeness (QED) is 0.534. The zero-order valence-corrected chi connectivity index (χ0v) is 20.3. The van der Waals surface area contributed by atoms with Gasteiger partial charge in [-0.05, 0) is 44.0 Å². The van der Waals surface area contributed by atoms with Crippen LogP contribution in [0.2, 0.25) is 0 Å². The second-order valence-corrected chi connectivity index (χ2v) is 10.7. The first-order chi connectivity index (χ1) is 16.4. The fourth-order valence-electron chi connectivity index (χ4n) is 4.23. The molecule has 1 unspecified atom stereocenters. The maximum absolute atomic E-state index is 14.6. The second kappa shape index (κ2) is 9.47. The van der Waals surface area contributed by atoms with Gasteiger partial charge in [-0.3, -0.25) is 4.57 Å². The number of fused-ring (bicyclic) bond motifs is 1. The maximum atomic E-state index is 14.6. The molecule has 3 aromatic rings. The zero-order valence-electron chi connectivity index (χ0n) is 18.7. The van der Waals surface area contributed by atoms with E-state index in [-0.39, 0.29) is 5.82 Å². The van der Waals surface area contributed by atoms with Gasteiger partial charge in [0.05, 0.1) is 5.56 Å². The van der Waals surface area contributed by atoms with E-state index >= 15 is 0 Å². The lowest BCUT2D eigenvalue weighted by atomic mass is 10.2. The summed E-state index contributed by atoms with van der Waals surface area (Å²) in [6.45, 7) is 2.75. The summed E-state index contributed by atoms with van der Waals surface area (Å²) in [4.78, 5) is 2.05. The van der Waals surface area contributed by atoms with Crippen molar-refractivity contribution in [3.8, 4) is 17.1 Å². The summed E-state index contributed by atoms with van der Waals surface area (Å²) in [5.74, 6) is 1.03. The molecule has 11 heteroatoms. The first-order valence-corrected chi connectivity index (χ1v) is 13.6. The van der Waals surface area contributed by atoms with Crippen molar-refractivity contribution in [2.75, 3.05) is 12.3 Å². The number of aryl methyl sites for hydroxylation is 1. The van der Waals surface area contributed by atoms with Crippen LogP contribution in [-0.4, -0.2) is 52.4 Å². The summed E-state index contributed by atoms with van der Waals surface area (Å²) < 4.78 is 47.8. The average molecular weight is 501 g/mol. The molecule has 1 N–H and O–H groups in total. The molecular formula is C23H25FN6O2S2. The topological polar surface area (TPSA) is 92.5 Å². The molecule has 3 heterocycles. The molecule has 178 valence electrons. The third-order valence-electron chi connectivity index (χ3n) is 5.93. The Hall–Kier alpha value is -2.76. The minimum atomic E-state index is -3.74. The second-order valence-electron chi connectivity index (χ2n) is 8.39. The van der Waals surface area contributed by atoms with E-state index in [1.807, 2.05) is 40.7 Å². The first kappa shape index (κ1) is 23.0. The minimum Gasteiger partial charge on any atom is -0.342 e. The van der Waals surface area contributed by atoms with E-state index in [4.69, 9.17) is 0 Å². The number of rotatable bonds is 5. The lowest BCUT2D eigenvalue weighted by molar-refractivity contribution is 0.310. The van der Waals surface area contributed by atoms with Crippen molar-refractivity contribution >= 4 is 27.8 Å². The van der Waals surface area contributed by atoms with E-state index in [1.165, 1.54) is 17.8 Å². The number of amidine groups is 1. The number of hydrogen-bond donors (Lipinski definition) is 1. The fourth-order valence-corrected chi connectivity index (χ4v) is 6.41. The number of nitrogens with zero attached hydrogens (tertiary/aromatic N) is 5. The Kier molecular flexibility index (Phi) is 6.41. The van der Waals surface area contributed by atoms with Gasteiger partial charge in [-0.25, -0.2) is 4.39 Å². The van der Waals surface area contributed by atoms with Gasteiger partial charge >= 0.3 is 10.2 Å². The average Bonchev–Trinajstić information content (AvgIpc) is 3.08. The van der Waals surface area contributed by atoms with Crippen LogP contribution in [-0.2, 0) is 10.2 Å². The Morgan fingerprint density at radius 3 is 2.68 bits per heavy atom. The summed E-state index contributed by atoms with van der Waals surface area (Å²) in [7, 11) is -3.74. The number of hydrogen-bond acceptors (Lipinski definition) is 6. The molecule has 0 bridgehead atoms. The maximum Gasteiger partial charge on any atom is 0.323 e. The van der Waals surface area contributed by atoms with Crippen LogP contribution in [0.15, 0.2) is 58.1 Å². The first-order valence-electron chi connectivity index (χ1n) is 11.2. The third-order valence-corrected chi connectivity index (χ3v) is 7.95. The third kappa shape index (κ3) is 4.73. The van der Waals surface area contributed by atoms with Crippen LogP contribution in [0.3, 0.4) is 0 Å². The fraction of sp³-hybridized carbons (Fsp3) is 0.348. The predicted octanol–water partition coefficient (Wildman–Crippen LogP) is 3.92. The SMILES string of the molecule is Cc1ccc(-n2c(SCC3NS(=O)(=O)N=C4CCCCCN43)nnc2-c2ccccc2F)cc1. The Balaban J connectivity index is 1.49. The molecule has 1 aromatic heterocycles. The molecule has 2 aliphatic heterocycles. The van der Waals surface area contributed by atoms with Crippen LogP contribution in [0.1, 0.15) is 31.2 Å². The Bertz CT molecular complexity index is 1320. The van der Waals surface area contributed by atoms with E-state index < -0.39 is 16.4 Å². The summed E-state index contributed by atoms with van der Waals surface area (Å²) in [5, 5.41) is 9.23. The normalized spacial score (nSPS) is 19.9. The van der Waals surface area contributed by atoms with E-state index in [0.29, 0.717) is 34.6 Å². The van der Waals surface area contributed by atoms with Gasteiger partial charge < -0.3 is 4.90 Å². The van der Waals surface area contributed by atoms with Gasteiger partial charge in [-0.15, -0.1) is 14.6 Å². The van der Waals surface area contributed by atoms with Crippen LogP contribution < -0.4 is 4.72 Å². The van der Waals surface area contributed by atoms with Crippen molar-refractivity contribution in [3.05, 3.63) is 59.9 Å². The molecule has 0 aliphatic carbocycles. The number of nitrogens with one attached hydrogen (secondary N) is 1. The summed E-state index contributed by atoms with van der Waals surface area (Å²) in [6.07, 6.45) is 3.17. The van der Waals surface area contributed by atoms with Gasteiger partial charge in [0.2, 0.25) is 0 Å². The lowest BCUT2D eigenvalue weighted by Gasteiger charge is -2.35. The van der Waals surface area contributed by atoms with Crippen LogP contribution in [0, 0.1) is 12.7 Å². The highest BCUT2D eigenvalue weighted by Gasteiger charge is 2.33. The molecule has 2 aromatic carbocycles. The van der Waals surface area contributed by atoms with Crippen LogP contribution in [0.5, 0.6) is 0 Å². The van der Waals surface area contributed by atoms with Crippen molar-refractivity contribution < 1.29 is 12.8 Å². The zero-order chi connectivity index (χ0) is 23.7. The van der Waals surface area contributed by atoms with Gasteiger partial charge in [-0.1, -0.05) is 48.0 Å². The highest BCUT2D eigenvalue weighted by molar-refractivity contribution is 7.99. The van der Waals surface area contributed by atoms with Crippen LogP contribution in [0.25, 0.3) is 17.1 Å². The Morgan fingerprint density at radius 1 is 1.09 bits per heavy atom. The van der Waals surface area contributed by atoms with Gasteiger partial charge in [0.15, 0.2) is 11.0 Å².